The SMILES string of the molecule is CCC1CC(Nc2ccccc2Br)(C(=O)OC)CCO1. The average molecular weight is 342 g/mol. The van der Waals surface area contributed by atoms with E-state index in [1.165, 1.54) is 7.11 Å². The zero-order valence-corrected chi connectivity index (χ0v) is 13.4. The second-order valence-corrected chi connectivity index (χ2v) is 5.89. The maximum atomic E-state index is 12.3. The number of halogens is 1. The van der Waals surface area contributed by atoms with Crippen molar-refractivity contribution in [3.63, 3.8) is 0 Å². The van der Waals surface area contributed by atoms with Gasteiger partial charge >= 0.3 is 5.97 Å². The normalized spacial score (nSPS) is 26.1. The number of hydrogen-bond acceptors (Lipinski definition) is 4. The Bertz CT molecular complexity index is 480. The summed E-state index contributed by atoms with van der Waals surface area (Å²) in [6.45, 7) is 2.63. The van der Waals surface area contributed by atoms with E-state index in [0.717, 1.165) is 16.6 Å². The molecule has 1 aromatic rings. The monoisotopic (exact) mass is 341 g/mol. The summed E-state index contributed by atoms with van der Waals surface area (Å²) in [6.07, 6.45) is 2.20. The van der Waals surface area contributed by atoms with Crippen LogP contribution >= 0.6 is 15.9 Å². The molecule has 4 nitrogen and oxygen atoms in total. The first-order chi connectivity index (χ1) is 9.61. The van der Waals surface area contributed by atoms with E-state index in [9.17, 15) is 4.79 Å². The molecule has 0 amide bonds. The molecule has 0 saturated carbocycles. The zero-order valence-electron chi connectivity index (χ0n) is 11.8. The van der Waals surface area contributed by atoms with Gasteiger partial charge in [0, 0.05) is 29.6 Å². The Morgan fingerprint density at radius 2 is 2.30 bits per heavy atom. The molecule has 0 aromatic heterocycles. The van der Waals surface area contributed by atoms with E-state index in [0.29, 0.717) is 19.4 Å². The van der Waals surface area contributed by atoms with Gasteiger partial charge in [0.15, 0.2) is 0 Å². The van der Waals surface area contributed by atoms with Gasteiger partial charge in [-0.1, -0.05) is 19.1 Å². The Morgan fingerprint density at radius 1 is 1.55 bits per heavy atom. The predicted octanol–water partition coefficient (Wildman–Crippen LogP) is 3.36. The molecule has 2 unspecified atom stereocenters. The number of methoxy groups -OCH3 is 1. The summed E-state index contributed by atoms with van der Waals surface area (Å²) < 4.78 is 11.6. The van der Waals surface area contributed by atoms with Crippen molar-refractivity contribution >= 4 is 27.6 Å². The van der Waals surface area contributed by atoms with Gasteiger partial charge in [0.05, 0.1) is 13.2 Å². The number of rotatable bonds is 4. The predicted molar refractivity (Wildman–Crippen MR) is 81.8 cm³/mol. The third kappa shape index (κ3) is 3.15. The fraction of sp³-hybridized carbons (Fsp3) is 0.533. The van der Waals surface area contributed by atoms with Crippen LogP contribution in [0.15, 0.2) is 28.7 Å². The Morgan fingerprint density at radius 3 is 2.95 bits per heavy atom. The highest BCUT2D eigenvalue weighted by molar-refractivity contribution is 9.10. The minimum atomic E-state index is -0.711. The van der Waals surface area contributed by atoms with E-state index in [2.05, 4.69) is 28.2 Å². The van der Waals surface area contributed by atoms with Gasteiger partial charge in [-0.25, -0.2) is 4.79 Å². The summed E-state index contributed by atoms with van der Waals surface area (Å²) in [5.41, 5.74) is 0.187. The standard InChI is InChI=1S/C15H20BrNO3/c1-3-11-10-15(8-9-20-11,14(18)19-2)17-13-7-5-4-6-12(13)16/h4-7,11,17H,3,8-10H2,1-2H3. The third-order valence-corrected chi connectivity index (χ3v) is 4.43. The topological polar surface area (TPSA) is 47.6 Å². The number of nitrogens with one attached hydrogen (secondary N) is 1. The molecule has 1 N–H and O–H groups in total. The summed E-state index contributed by atoms with van der Waals surface area (Å²) in [4.78, 5) is 12.3. The number of carbonyl (C=O) groups is 1. The van der Waals surface area contributed by atoms with Crippen molar-refractivity contribution in [3.8, 4) is 0 Å². The molecule has 0 bridgehead atoms. The second kappa shape index (κ2) is 6.59. The molecule has 1 aliphatic heterocycles. The zero-order chi connectivity index (χ0) is 14.6. The van der Waals surface area contributed by atoms with Crippen LogP contribution in [0, 0.1) is 0 Å². The first kappa shape index (κ1) is 15.3. The van der Waals surface area contributed by atoms with Crippen LogP contribution in [0.4, 0.5) is 5.69 Å². The molecule has 2 rings (SSSR count). The molecule has 0 aliphatic carbocycles. The van der Waals surface area contributed by atoms with Gasteiger partial charge in [0.1, 0.15) is 5.54 Å². The van der Waals surface area contributed by atoms with Crippen molar-refractivity contribution in [2.75, 3.05) is 19.0 Å². The first-order valence-electron chi connectivity index (χ1n) is 6.84. The lowest BCUT2D eigenvalue weighted by molar-refractivity contribution is -0.151. The summed E-state index contributed by atoms with van der Waals surface area (Å²) in [6, 6.07) is 7.78. The van der Waals surface area contributed by atoms with Gasteiger partial charge in [0.25, 0.3) is 0 Å². The van der Waals surface area contributed by atoms with Crippen LogP contribution in [-0.4, -0.2) is 31.3 Å². The molecular weight excluding hydrogens is 322 g/mol. The molecule has 1 fully saturated rings. The molecule has 1 aliphatic rings. The van der Waals surface area contributed by atoms with E-state index in [-0.39, 0.29) is 12.1 Å². The van der Waals surface area contributed by atoms with E-state index in [1.807, 2.05) is 24.3 Å². The van der Waals surface area contributed by atoms with Crippen molar-refractivity contribution < 1.29 is 14.3 Å². The fourth-order valence-corrected chi connectivity index (χ4v) is 2.96. The van der Waals surface area contributed by atoms with Crippen LogP contribution in [0.3, 0.4) is 0 Å². The Labute approximate surface area is 128 Å². The van der Waals surface area contributed by atoms with Crippen molar-refractivity contribution in [2.24, 2.45) is 0 Å². The third-order valence-electron chi connectivity index (χ3n) is 3.74. The van der Waals surface area contributed by atoms with Gasteiger partial charge in [0.2, 0.25) is 0 Å². The van der Waals surface area contributed by atoms with Crippen LogP contribution in [0.25, 0.3) is 0 Å². The van der Waals surface area contributed by atoms with Gasteiger partial charge in [-0.15, -0.1) is 0 Å². The highest BCUT2D eigenvalue weighted by Crippen LogP contribution is 2.34. The fourth-order valence-electron chi connectivity index (χ4n) is 2.58. The first-order valence-corrected chi connectivity index (χ1v) is 7.63. The van der Waals surface area contributed by atoms with E-state index in [1.54, 1.807) is 0 Å². The van der Waals surface area contributed by atoms with Crippen molar-refractivity contribution in [2.45, 2.75) is 37.8 Å². The van der Waals surface area contributed by atoms with Gasteiger partial charge in [-0.2, -0.15) is 0 Å². The largest absolute Gasteiger partial charge is 0.467 e. The molecule has 2 atom stereocenters. The highest BCUT2D eigenvalue weighted by Gasteiger charge is 2.44. The molecule has 110 valence electrons. The molecule has 0 spiro atoms. The summed E-state index contributed by atoms with van der Waals surface area (Å²) in [5, 5.41) is 3.38. The van der Waals surface area contributed by atoms with Gasteiger partial charge in [-0.3, -0.25) is 0 Å². The van der Waals surface area contributed by atoms with Crippen LogP contribution in [0.1, 0.15) is 26.2 Å². The van der Waals surface area contributed by atoms with Crippen LogP contribution in [-0.2, 0) is 14.3 Å². The number of carbonyl (C=O) groups excluding carboxylic acids is 1. The average Bonchev–Trinajstić information content (AvgIpc) is 2.49. The lowest BCUT2D eigenvalue weighted by atomic mass is 9.85. The molecule has 20 heavy (non-hydrogen) atoms. The lowest BCUT2D eigenvalue weighted by Crippen LogP contribution is -2.53. The molecule has 0 radical (unpaired) electrons. The molecule has 1 aromatic carbocycles. The summed E-state index contributed by atoms with van der Waals surface area (Å²) >= 11 is 3.50. The maximum Gasteiger partial charge on any atom is 0.331 e. The van der Waals surface area contributed by atoms with E-state index >= 15 is 0 Å². The number of esters is 1. The minimum Gasteiger partial charge on any atom is -0.467 e. The molecular formula is C15H20BrNO3. The van der Waals surface area contributed by atoms with E-state index < -0.39 is 5.54 Å². The highest BCUT2D eigenvalue weighted by atomic mass is 79.9. The van der Waals surface area contributed by atoms with Gasteiger partial charge < -0.3 is 14.8 Å². The second-order valence-electron chi connectivity index (χ2n) is 5.03. The number of para-hydroxylation sites is 1. The number of hydrogen-bond donors (Lipinski definition) is 1. The van der Waals surface area contributed by atoms with Crippen LogP contribution in [0.2, 0.25) is 0 Å². The lowest BCUT2D eigenvalue weighted by Gasteiger charge is -2.39. The van der Waals surface area contributed by atoms with Crippen LogP contribution in [0.5, 0.6) is 0 Å². The Kier molecular flexibility index (Phi) is 5.05. The Hall–Kier alpha value is -1.07. The summed E-state index contributed by atoms with van der Waals surface area (Å²) in [7, 11) is 1.43. The van der Waals surface area contributed by atoms with Crippen molar-refractivity contribution in [1.29, 1.82) is 0 Å². The van der Waals surface area contributed by atoms with E-state index in [4.69, 9.17) is 9.47 Å². The quantitative estimate of drug-likeness (QED) is 0.853. The molecule has 5 heteroatoms. The van der Waals surface area contributed by atoms with Gasteiger partial charge in [-0.05, 0) is 34.5 Å². The van der Waals surface area contributed by atoms with Crippen LogP contribution < -0.4 is 5.32 Å². The number of ether oxygens (including phenoxy) is 2. The summed E-state index contributed by atoms with van der Waals surface area (Å²) in [5.74, 6) is -0.227. The van der Waals surface area contributed by atoms with Crippen molar-refractivity contribution in [1.82, 2.24) is 0 Å². The number of anilines is 1. The molecule has 1 heterocycles. The smallest absolute Gasteiger partial charge is 0.331 e. The molecule has 1 saturated heterocycles. The number of benzene rings is 1. The van der Waals surface area contributed by atoms with Crippen molar-refractivity contribution in [3.05, 3.63) is 28.7 Å². The Balaban J connectivity index is 2.28. The minimum absolute atomic E-state index is 0.0813. The maximum absolute atomic E-state index is 12.3.